The number of nitrogens with two attached hydrogens (primary N) is 1. The van der Waals surface area contributed by atoms with Gasteiger partial charge < -0.3 is 10.3 Å². The molecule has 2 aromatic rings. The number of carbonyl (C=O) groups excluding carboxylic acids is 1. The second-order valence-electron chi connectivity index (χ2n) is 7.38. The fraction of sp³-hybridized carbons (Fsp3) is 0.400. The van der Waals surface area contributed by atoms with Gasteiger partial charge in [-0.15, -0.1) is 0 Å². The van der Waals surface area contributed by atoms with Gasteiger partial charge in [0.2, 0.25) is 5.91 Å². The maximum atomic E-state index is 12.8. The molecule has 0 saturated heterocycles. The van der Waals surface area contributed by atoms with Crippen LogP contribution in [0.2, 0.25) is 0 Å². The van der Waals surface area contributed by atoms with Crippen molar-refractivity contribution in [2.24, 2.45) is 11.7 Å². The molecule has 3 rings (SSSR count). The van der Waals surface area contributed by atoms with Gasteiger partial charge in [-0.25, -0.2) is 4.21 Å². The molecular weight excluding hydrogens is 405 g/mol. The molecule has 0 radical (unpaired) electrons. The summed E-state index contributed by atoms with van der Waals surface area (Å²) in [7, 11) is 0. The molecule has 0 aliphatic heterocycles. The zero-order valence-corrected chi connectivity index (χ0v) is 16.3. The highest BCUT2D eigenvalue weighted by Gasteiger charge is 2.33. The van der Waals surface area contributed by atoms with E-state index in [0.717, 1.165) is 25.3 Å². The van der Waals surface area contributed by atoms with Crippen molar-refractivity contribution in [2.75, 3.05) is 0 Å². The molecule has 1 aromatic heterocycles. The Labute approximate surface area is 168 Å². The van der Waals surface area contributed by atoms with Gasteiger partial charge in [0.25, 0.3) is 0 Å². The first-order valence-corrected chi connectivity index (χ1v) is 10.4. The number of aromatic nitrogens is 1. The van der Waals surface area contributed by atoms with Crippen molar-refractivity contribution in [1.29, 1.82) is 0 Å². The van der Waals surface area contributed by atoms with Gasteiger partial charge in [0.1, 0.15) is 5.69 Å². The predicted molar refractivity (Wildman–Crippen MR) is 102 cm³/mol. The highest BCUT2D eigenvalue weighted by molar-refractivity contribution is 7.78. The highest BCUT2D eigenvalue weighted by Crippen LogP contribution is 2.40. The molecule has 1 heterocycles. The summed E-state index contributed by atoms with van der Waals surface area (Å²) < 4.78 is 58.5. The lowest BCUT2D eigenvalue weighted by molar-refractivity contribution is -0.141. The summed E-state index contributed by atoms with van der Waals surface area (Å²) in [6.07, 6.45) is 0.121. The number of halogens is 3. The van der Waals surface area contributed by atoms with E-state index in [-0.39, 0.29) is 17.2 Å². The lowest BCUT2D eigenvalue weighted by Crippen LogP contribution is -2.17. The van der Waals surface area contributed by atoms with Gasteiger partial charge in [-0.2, -0.15) is 13.2 Å². The van der Waals surface area contributed by atoms with Crippen LogP contribution in [0, 0.1) is 5.92 Å². The minimum atomic E-state index is -4.49. The van der Waals surface area contributed by atoms with E-state index >= 15 is 0 Å². The molecule has 29 heavy (non-hydrogen) atoms. The quantitative estimate of drug-likeness (QED) is 0.623. The first kappa shape index (κ1) is 21.4. The topological polar surface area (TPSA) is 93.3 Å². The Kier molecular flexibility index (Phi) is 6.38. The van der Waals surface area contributed by atoms with Crippen LogP contribution in [0.1, 0.15) is 57.9 Å². The number of amides is 1. The Morgan fingerprint density at radius 3 is 2.52 bits per heavy atom. The molecule has 1 aliphatic carbocycles. The first-order chi connectivity index (χ1) is 13.6. The summed E-state index contributed by atoms with van der Waals surface area (Å²) in [6.45, 7) is 0. The van der Waals surface area contributed by atoms with Crippen molar-refractivity contribution < 1.29 is 26.7 Å². The largest absolute Gasteiger partial charge is 0.433 e. The summed E-state index contributed by atoms with van der Waals surface area (Å²) in [5.41, 5.74) is 6.67. The van der Waals surface area contributed by atoms with E-state index in [1.807, 2.05) is 0 Å². The van der Waals surface area contributed by atoms with E-state index in [0.29, 0.717) is 29.0 Å². The molecule has 2 atom stereocenters. The van der Waals surface area contributed by atoms with Crippen molar-refractivity contribution in [3.05, 3.63) is 64.5 Å². The molecule has 0 spiro atoms. The van der Waals surface area contributed by atoms with Crippen LogP contribution >= 0.6 is 0 Å². The monoisotopic (exact) mass is 426 g/mol. The van der Waals surface area contributed by atoms with Gasteiger partial charge >= 0.3 is 6.18 Å². The third kappa shape index (κ3) is 5.86. The summed E-state index contributed by atoms with van der Waals surface area (Å²) in [6, 6.07) is 7.28. The number of nitrogens with zero attached hydrogens (tertiary/aromatic N) is 1. The van der Waals surface area contributed by atoms with E-state index in [1.54, 1.807) is 12.1 Å². The minimum absolute atomic E-state index is 0.104. The SMILES string of the molecule is NC(=O)c1cc(CS(=O)O)ccc1CC(CC1CC1)c1ccc(C(F)(F)F)nc1. The van der Waals surface area contributed by atoms with Gasteiger partial charge in [-0.1, -0.05) is 31.0 Å². The van der Waals surface area contributed by atoms with Gasteiger partial charge in [-0.05, 0) is 53.5 Å². The number of hydrogen-bond acceptors (Lipinski definition) is 3. The number of rotatable bonds is 8. The summed E-state index contributed by atoms with van der Waals surface area (Å²) in [5, 5.41) is 0. The number of primary amides is 1. The predicted octanol–water partition coefficient (Wildman–Crippen LogP) is 4.05. The van der Waals surface area contributed by atoms with E-state index in [1.165, 1.54) is 18.3 Å². The van der Waals surface area contributed by atoms with Gasteiger partial charge in [0.15, 0.2) is 11.1 Å². The standard InChI is InChI=1S/C20H21F3N2O3S/c21-20(22,23)18-6-5-15(10-25-18)16(7-12-1-2-12)9-14-4-3-13(11-29(27)28)8-17(14)19(24)26/h3-6,8,10,12,16H,1-2,7,9,11H2,(H2,24,26)(H,27,28). The molecule has 0 bridgehead atoms. The van der Waals surface area contributed by atoms with Crippen molar-refractivity contribution in [3.63, 3.8) is 0 Å². The average molecular weight is 426 g/mol. The van der Waals surface area contributed by atoms with Crippen LogP contribution in [0.5, 0.6) is 0 Å². The molecule has 2 unspecified atom stereocenters. The van der Waals surface area contributed by atoms with Crippen LogP contribution in [-0.4, -0.2) is 19.7 Å². The third-order valence-electron chi connectivity index (χ3n) is 5.06. The smallest absolute Gasteiger partial charge is 0.366 e. The number of hydrogen-bond donors (Lipinski definition) is 2. The molecule has 1 fully saturated rings. The Bertz CT molecular complexity index is 912. The van der Waals surface area contributed by atoms with Crippen molar-refractivity contribution in [3.8, 4) is 0 Å². The average Bonchev–Trinajstić information content (AvgIpc) is 3.45. The van der Waals surface area contributed by atoms with Crippen LogP contribution in [0.3, 0.4) is 0 Å². The zero-order chi connectivity index (χ0) is 21.2. The lowest BCUT2D eigenvalue weighted by Gasteiger charge is -2.19. The van der Waals surface area contributed by atoms with Crippen LogP contribution in [-0.2, 0) is 29.4 Å². The van der Waals surface area contributed by atoms with Crippen LogP contribution < -0.4 is 5.73 Å². The van der Waals surface area contributed by atoms with Crippen molar-refractivity contribution >= 4 is 17.0 Å². The number of alkyl halides is 3. The van der Waals surface area contributed by atoms with E-state index in [9.17, 15) is 22.2 Å². The number of pyridine rings is 1. The first-order valence-electron chi connectivity index (χ1n) is 9.15. The van der Waals surface area contributed by atoms with E-state index < -0.39 is 28.9 Å². The number of benzene rings is 1. The fourth-order valence-corrected chi connectivity index (χ4v) is 3.90. The molecular formula is C20H21F3N2O3S. The third-order valence-corrected chi connectivity index (χ3v) is 5.64. The van der Waals surface area contributed by atoms with Gasteiger partial charge in [0, 0.05) is 11.8 Å². The second-order valence-corrected chi connectivity index (χ2v) is 8.31. The van der Waals surface area contributed by atoms with Gasteiger partial charge in [0.05, 0.1) is 5.75 Å². The Balaban J connectivity index is 1.88. The molecule has 9 heteroatoms. The Morgan fingerprint density at radius 2 is 2.00 bits per heavy atom. The maximum absolute atomic E-state index is 12.8. The lowest BCUT2D eigenvalue weighted by atomic mass is 9.86. The summed E-state index contributed by atoms with van der Waals surface area (Å²) in [5.74, 6) is -0.362. The Morgan fingerprint density at radius 1 is 1.28 bits per heavy atom. The minimum Gasteiger partial charge on any atom is -0.366 e. The summed E-state index contributed by atoms with van der Waals surface area (Å²) in [4.78, 5) is 15.5. The molecule has 1 amide bonds. The molecule has 156 valence electrons. The molecule has 1 aliphatic rings. The zero-order valence-electron chi connectivity index (χ0n) is 15.5. The van der Waals surface area contributed by atoms with Crippen LogP contribution in [0.25, 0.3) is 0 Å². The van der Waals surface area contributed by atoms with Crippen LogP contribution in [0.4, 0.5) is 13.2 Å². The van der Waals surface area contributed by atoms with Crippen molar-refractivity contribution in [1.82, 2.24) is 4.98 Å². The van der Waals surface area contributed by atoms with Crippen LogP contribution in [0.15, 0.2) is 36.5 Å². The number of carbonyl (C=O) groups is 1. The molecule has 3 N–H and O–H groups in total. The maximum Gasteiger partial charge on any atom is 0.433 e. The molecule has 1 saturated carbocycles. The second kappa shape index (κ2) is 8.62. The van der Waals surface area contributed by atoms with Crippen molar-refractivity contribution in [2.45, 2.75) is 43.5 Å². The fourth-order valence-electron chi connectivity index (χ4n) is 3.44. The van der Waals surface area contributed by atoms with E-state index in [4.69, 9.17) is 10.3 Å². The molecule has 1 aromatic carbocycles. The van der Waals surface area contributed by atoms with Gasteiger partial charge in [-0.3, -0.25) is 9.78 Å². The van der Waals surface area contributed by atoms with E-state index in [2.05, 4.69) is 4.98 Å². The Hall–Kier alpha value is -2.26. The normalized spacial score (nSPS) is 16.4. The summed E-state index contributed by atoms with van der Waals surface area (Å²) >= 11 is -2.05. The molecule has 5 nitrogen and oxygen atoms in total. The highest BCUT2D eigenvalue weighted by atomic mass is 32.2.